The van der Waals surface area contributed by atoms with E-state index >= 15 is 0 Å². The van der Waals surface area contributed by atoms with Gasteiger partial charge >= 0.3 is 5.69 Å². The first-order valence-corrected chi connectivity index (χ1v) is 6.48. The van der Waals surface area contributed by atoms with Gasteiger partial charge in [-0.1, -0.05) is 0 Å². The quantitative estimate of drug-likeness (QED) is 0.509. The molecule has 10 heteroatoms. The van der Waals surface area contributed by atoms with Crippen LogP contribution < -0.4 is 5.43 Å². The molecule has 0 aliphatic rings. The maximum Gasteiger partial charge on any atom is 0.301 e. The number of nitro groups is 2. The molecule has 0 heterocycles. The summed E-state index contributed by atoms with van der Waals surface area (Å²) in [6.07, 6.45) is 0. The van der Waals surface area contributed by atoms with E-state index in [1.54, 1.807) is 0 Å². The van der Waals surface area contributed by atoms with Crippen molar-refractivity contribution in [3.63, 3.8) is 0 Å². The van der Waals surface area contributed by atoms with E-state index in [4.69, 9.17) is 0 Å². The van der Waals surface area contributed by atoms with Gasteiger partial charge < -0.3 is 0 Å². The van der Waals surface area contributed by atoms with Crippen molar-refractivity contribution in [2.45, 2.75) is 6.92 Å². The Kier molecular flexibility index (Phi) is 4.78. The van der Waals surface area contributed by atoms with Crippen LogP contribution in [0.1, 0.15) is 12.5 Å². The number of hydrogen-bond acceptors (Lipinski definition) is 6. The van der Waals surface area contributed by atoms with Crippen molar-refractivity contribution in [3.8, 4) is 0 Å². The first-order chi connectivity index (χ1) is 11.3. The van der Waals surface area contributed by atoms with E-state index in [-0.39, 0.29) is 17.0 Å². The highest BCUT2D eigenvalue weighted by molar-refractivity contribution is 5.99. The monoisotopic (exact) mass is 336 g/mol. The number of benzene rings is 2. The molecule has 0 saturated heterocycles. The van der Waals surface area contributed by atoms with Crippen molar-refractivity contribution in [1.29, 1.82) is 0 Å². The van der Waals surface area contributed by atoms with Crippen molar-refractivity contribution < 1.29 is 18.6 Å². The van der Waals surface area contributed by atoms with E-state index in [9.17, 15) is 29.0 Å². The largest absolute Gasteiger partial charge is 0.301 e. The summed E-state index contributed by atoms with van der Waals surface area (Å²) < 4.78 is 26.5. The summed E-state index contributed by atoms with van der Waals surface area (Å²) >= 11 is 0. The molecule has 2 rings (SSSR count). The summed E-state index contributed by atoms with van der Waals surface area (Å²) in [7, 11) is 0. The Morgan fingerprint density at radius 1 is 1.08 bits per heavy atom. The number of halogens is 2. The average Bonchev–Trinajstić information content (AvgIpc) is 2.52. The molecule has 1 N–H and O–H groups in total. The van der Waals surface area contributed by atoms with Gasteiger partial charge in [-0.3, -0.25) is 25.7 Å². The van der Waals surface area contributed by atoms with Crippen LogP contribution in [0.25, 0.3) is 0 Å². The van der Waals surface area contributed by atoms with E-state index in [0.29, 0.717) is 6.07 Å². The maximum absolute atomic E-state index is 13.6. The molecule has 0 amide bonds. The fourth-order valence-corrected chi connectivity index (χ4v) is 1.87. The Labute approximate surface area is 133 Å². The smallest absolute Gasteiger partial charge is 0.271 e. The second-order valence-electron chi connectivity index (χ2n) is 4.65. The molecule has 0 bridgehead atoms. The molecule has 0 aliphatic carbocycles. The Bertz CT molecular complexity index is 855. The minimum Gasteiger partial charge on any atom is -0.271 e. The van der Waals surface area contributed by atoms with Crippen molar-refractivity contribution in [2.24, 2.45) is 5.10 Å². The van der Waals surface area contributed by atoms with Crippen molar-refractivity contribution in [2.75, 3.05) is 5.43 Å². The SMILES string of the molecule is C/C(=N\Nc1ccc([N+](=O)[O-])cc1[N+](=O)[O-])c1ccc(F)cc1F. The summed E-state index contributed by atoms with van der Waals surface area (Å²) in [6, 6.07) is 5.88. The van der Waals surface area contributed by atoms with Gasteiger partial charge in [0.1, 0.15) is 17.3 Å². The van der Waals surface area contributed by atoms with Crippen LogP contribution in [0.3, 0.4) is 0 Å². The Morgan fingerprint density at radius 2 is 1.79 bits per heavy atom. The molecule has 2 aromatic carbocycles. The predicted octanol–water partition coefficient (Wildman–Crippen LogP) is 3.62. The first kappa shape index (κ1) is 16.9. The molecule has 0 spiro atoms. The summed E-state index contributed by atoms with van der Waals surface area (Å²) in [5.74, 6) is -1.58. The summed E-state index contributed by atoms with van der Waals surface area (Å²) in [4.78, 5) is 20.1. The van der Waals surface area contributed by atoms with Gasteiger partial charge in [-0.25, -0.2) is 8.78 Å². The molecule has 0 unspecified atom stereocenters. The molecular formula is C14H10F2N4O4. The molecule has 0 saturated carbocycles. The molecule has 124 valence electrons. The lowest BCUT2D eigenvalue weighted by atomic mass is 10.1. The van der Waals surface area contributed by atoms with Crippen molar-refractivity contribution >= 4 is 22.8 Å². The molecule has 0 radical (unpaired) electrons. The molecule has 2 aromatic rings. The van der Waals surface area contributed by atoms with E-state index < -0.39 is 32.9 Å². The van der Waals surface area contributed by atoms with Crippen LogP contribution in [0.2, 0.25) is 0 Å². The van der Waals surface area contributed by atoms with E-state index in [2.05, 4.69) is 10.5 Å². The summed E-state index contributed by atoms with van der Waals surface area (Å²) in [6.45, 7) is 1.42. The van der Waals surface area contributed by atoms with E-state index in [1.165, 1.54) is 13.0 Å². The second kappa shape index (κ2) is 6.77. The lowest BCUT2D eigenvalue weighted by Crippen LogP contribution is -2.04. The highest BCUT2D eigenvalue weighted by Gasteiger charge is 2.19. The number of nitro benzene ring substituents is 2. The van der Waals surface area contributed by atoms with Gasteiger partial charge in [-0.2, -0.15) is 5.10 Å². The zero-order chi connectivity index (χ0) is 17.9. The van der Waals surface area contributed by atoms with Gasteiger partial charge in [0, 0.05) is 17.7 Å². The lowest BCUT2D eigenvalue weighted by Gasteiger charge is -2.05. The Hall–Kier alpha value is -3.43. The van der Waals surface area contributed by atoms with Gasteiger partial charge in [0.25, 0.3) is 5.69 Å². The highest BCUT2D eigenvalue weighted by atomic mass is 19.1. The third-order valence-corrected chi connectivity index (χ3v) is 3.05. The molecular weight excluding hydrogens is 326 g/mol. The second-order valence-corrected chi connectivity index (χ2v) is 4.65. The van der Waals surface area contributed by atoms with Gasteiger partial charge in [0.2, 0.25) is 0 Å². The fourth-order valence-electron chi connectivity index (χ4n) is 1.87. The predicted molar refractivity (Wildman–Crippen MR) is 81.9 cm³/mol. The minimum atomic E-state index is -0.837. The van der Waals surface area contributed by atoms with Gasteiger partial charge in [-0.15, -0.1) is 0 Å². The lowest BCUT2D eigenvalue weighted by molar-refractivity contribution is -0.393. The zero-order valence-corrected chi connectivity index (χ0v) is 12.2. The Morgan fingerprint density at radius 3 is 2.38 bits per heavy atom. The van der Waals surface area contributed by atoms with Gasteiger partial charge in [0.15, 0.2) is 0 Å². The molecule has 8 nitrogen and oxygen atoms in total. The van der Waals surface area contributed by atoms with Crippen LogP contribution in [0, 0.1) is 31.9 Å². The number of non-ortho nitro benzene ring substituents is 1. The zero-order valence-electron chi connectivity index (χ0n) is 12.2. The Balaban J connectivity index is 2.33. The molecule has 0 aromatic heterocycles. The summed E-state index contributed by atoms with van der Waals surface area (Å²) in [5, 5.41) is 25.5. The topological polar surface area (TPSA) is 111 Å². The number of nitrogens with zero attached hydrogens (tertiary/aromatic N) is 3. The number of hydrazone groups is 1. The standard InChI is InChI=1S/C14H10F2N4O4/c1-8(11-4-2-9(15)6-12(11)16)17-18-13-5-3-10(19(21)22)7-14(13)20(23)24/h2-7,18H,1H3/b17-8+. The first-order valence-electron chi connectivity index (χ1n) is 6.48. The third-order valence-electron chi connectivity index (χ3n) is 3.05. The van der Waals surface area contributed by atoms with E-state index in [0.717, 1.165) is 24.3 Å². The third kappa shape index (κ3) is 3.66. The maximum atomic E-state index is 13.6. The summed E-state index contributed by atoms with van der Waals surface area (Å²) in [5.41, 5.74) is 1.38. The van der Waals surface area contributed by atoms with Crippen LogP contribution in [0.4, 0.5) is 25.8 Å². The molecule has 24 heavy (non-hydrogen) atoms. The number of rotatable bonds is 5. The van der Waals surface area contributed by atoms with E-state index in [1.807, 2.05) is 0 Å². The minimum absolute atomic E-state index is 0.00784. The molecule has 0 fully saturated rings. The normalized spacial score (nSPS) is 11.2. The van der Waals surface area contributed by atoms with Crippen molar-refractivity contribution in [1.82, 2.24) is 0 Å². The fraction of sp³-hybridized carbons (Fsp3) is 0.0714. The number of nitrogens with one attached hydrogen (secondary N) is 1. The van der Waals surface area contributed by atoms with Gasteiger partial charge in [-0.05, 0) is 25.1 Å². The van der Waals surface area contributed by atoms with Crippen LogP contribution in [-0.4, -0.2) is 15.6 Å². The number of anilines is 1. The average molecular weight is 336 g/mol. The highest BCUT2D eigenvalue weighted by Crippen LogP contribution is 2.29. The van der Waals surface area contributed by atoms with Gasteiger partial charge in [0.05, 0.1) is 21.6 Å². The molecule has 0 atom stereocenters. The number of hydrogen-bond donors (Lipinski definition) is 1. The van der Waals surface area contributed by atoms with Crippen LogP contribution in [0.15, 0.2) is 41.5 Å². The van der Waals surface area contributed by atoms with Crippen LogP contribution in [0.5, 0.6) is 0 Å². The molecule has 0 aliphatic heterocycles. The van der Waals surface area contributed by atoms with Crippen LogP contribution in [-0.2, 0) is 0 Å². The van der Waals surface area contributed by atoms with Crippen LogP contribution >= 0.6 is 0 Å². The van der Waals surface area contributed by atoms with Crippen molar-refractivity contribution in [3.05, 3.63) is 73.8 Å².